The van der Waals surface area contributed by atoms with Crippen molar-refractivity contribution in [2.75, 3.05) is 31.8 Å². The van der Waals surface area contributed by atoms with E-state index in [1.165, 1.54) is 12.8 Å². The molecule has 0 atom stereocenters. The predicted octanol–water partition coefficient (Wildman–Crippen LogP) is 1.31. The number of nitrogen functional groups attached to an aromatic ring is 1. The van der Waals surface area contributed by atoms with E-state index in [1.807, 2.05) is 7.05 Å². The van der Waals surface area contributed by atoms with Crippen LogP contribution >= 0.6 is 0 Å². The second-order valence-corrected chi connectivity index (χ2v) is 4.65. The Labute approximate surface area is 107 Å². The minimum Gasteiger partial charge on any atom is -0.497 e. The lowest BCUT2D eigenvalue weighted by molar-refractivity contribution is -0.117. The molecule has 1 saturated carbocycles. The Morgan fingerprint density at radius 3 is 2.83 bits per heavy atom. The van der Waals surface area contributed by atoms with Gasteiger partial charge in [-0.3, -0.25) is 9.69 Å². The highest BCUT2D eigenvalue weighted by atomic mass is 16.5. The molecule has 1 aliphatic rings. The van der Waals surface area contributed by atoms with Gasteiger partial charge >= 0.3 is 0 Å². The summed E-state index contributed by atoms with van der Waals surface area (Å²) >= 11 is 0. The van der Waals surface area contributed by atoms with Crippen molar-refractivity contribution in [1.29, 1.82) is 0 Å². The quantitative estimate of drug-likeness (QED) is 0.772. The van der Waals surface area contributed by atoms with Gasteiger partial charge in [0.1, 0.15) is 5.75 Å². The third kappa shape index (κ3) is 3.13. The number of carbonyl (C=O) groups is 1. The van der Waals surface area contributed by atoms with Crippen molar-refractivity contribution >= 4 is 17.3 Å². The van der Waals surface area contributed by atoms with Gasteiger partial charge < -0.3 is 15.8 Å². The van der Waals surface area contributed by atoms with Gasteiger partial charge in [-0.1, -0.05) is 0 Å². The van der Waals surface area contributed by atoms with E-state index >= 15 is 0 Å². The Morgan fingerprint density at radius 2 is 2.28 bits per heavy atom. The van der Waals surface area contributed by atoms with Crippen molar-refractivity contribution in [1.82, 2.24) is 4.90 Å². The molecule has 5 nitrogen and oxygen atoms in total. The summed E-state index contributed by atoms with van der Waals surface area (Å²) < 4.78 is 5.06. The lowest BCUT2D eigenvalue weighted by Crippen LogP contribution is -2.31. The largest absolute Gasteiger partial charge is 0.497 e. The Balaban J connectivity index is 1.93. The van der Waals surface area contributed by atoms with Crippen LogP contribution in [0.1, 0.15) is 12.8 Å². The number of methoxy groups -OCH3 is 1. The maximum absolute atomic E-state index is 11.8. The zero-order valence-electron chi connectivity index (χ0n) is 10.8. The first-order valence-corrected chi connectivity index (χ1v) is 6.03. The van der Waals surface area contributed by atoms with E-state index in [0.29, 0.717) is 29.7 Å². The first-order valence-electron chi connectivity index (χ1n) is 6.03. The molecule has 18 heavy (non-hydrogen) atoms. The van der Waals surface area contributed by atoms with E-state index in [0.717, 1.165) is 0 Å². The zero-order valence-corrected chi connectivity index (χ0v) is 10.8. The Hall–Kier alpha value is -1.75. The number of rotatable bonds is 5. The average Bonchev–Trinajstić information content (AvgIpc) is 3.15. The number of carbonyl (C=O) groups excluding carboxylic acids is 1. The first-order chi connectivity index (χ1) is 8.60. The summed E-state index contributed by atoms with van der Waals surface area (Å²) in [5.41, 5.74) is 6.98. The number of anilines is 2. The SMILES string of the molecule is COc1ccc(NC(=O)CN(C)C2CC2)c(N)c1. The molecule has 0 saturated heterocycles. The number of amides is 1. The summed E-state index contributed by atoms with van der Waals surface area (Å²) in [5, 5.41) is 2.81. The minimum absolute atomic E-state index is 0.0405. The Kier molecular flexibility index (Phi) is 3.72. The second kappa shape index (κ2) is 5.27. The molecule has 0 spiro atoms. The molecule has 1 aromatic rings. The number of nitrogens with two attached hydrogens (primary N) is 1. The van der Waals surface area contributed by atoms with Gasteiger partial charge in [0.2, 0.25) is 5.91 Å². The van der Waals surface area contributed by atoms with Crippen molar-refractivity contribution in [2.45, 2.75) is 18.9 Å². The fourth-order valence-electron chi connectivity index (χ4n) is 1.84. The van der Waals surface area contributed by atoms with Crippen molar-refractivity contribution in [2.24, 2.45) is 0 Å². The molecular weight excluding hydrogens is 230 g/mol. The standard InChI is InChI=1S/C13H19N3O2/c1-16(9-3-4-9)8-13(17)15-12-6-5-10(18-2)7-11(12)14/h5-7,9H,3-4,8,14H2,1-2H3,(H,15,17). The molecule has 1 aliphatic carbocycles. The maximum atomic E-state index is 11.8. The molecule has 5 heteroatoms. The smallest absolute Gasteiger partial charge is 0.238 e. The number of likely N-dealkylation sites (N-methyl/N-ethyl adjacent to an activating group) is 1. The van der Waals surface area contributed by atoms with Crippen molar-refractivity contribution < 1.29 is 9.53 Å². The van der Waals surface area contributed by atoms with E-state index in [9.17, 15) is 4.79 Å². The number of nitrogens with zero attached hydrogens (tertiary/aromatic N) is 1. The van der Waals surface area contributed by atoms with Crippen LogP contribution in [0.5, 0.6) is 5.75 Å². The highest BCUT2D eigenvalue weighted by Crippen LogP contribution is 2.26. The Morgan fingerprint density at radius 1 is 1.56 bits per heavy atom. The van der Waals surface area contributed by atoms with E-state index in [2.05, 4.69) is 10.2 Å². The van der Waals surface area contributed by atoms with E-state index < -0.39 is 0 Å². The second-order valence-electron chi connectivity index (χ2n) is 4.65. The fourth-order valence-corrected chi connectivity index (χ4v) is 1.84. The maximum Gasteiger partial charge on any atom is 0.238 e. The Bertz CT molecular complexity index is 444. The lowest BCUT2D eigenvalue weighted by atomic mass is 10.2. The van der Waals surface area contributed by atoms with Crippen LogP contribution in [0.3, 0.4) is 0 Å². The van der Waals surface area contributed by atoms with E-state index in [4.69, 9.17) is 10.5 Å². The predicted molar refractivity (Wildman–Crippen MR) is 71.7 cm³/mol. The number of nitrogens with one attached hydrogen (secondary N) is 1. The zero-order chi connectivity index (χ0) is 13.1. The highest BCUT2D eigenvalue weighted by molar-refractivity contribution is 5.95. The van der Waals surface area contributed by atoms with Crippen LogP contribution < -0.4 is 15.8 Å². The molecular formula is C13H19N3O2. The van der Waals surface area contributed by atoms with Gasteiger partial charge in [-0.2, -0.15) is 0 Å². The van der Waals surface area contributed by atoms with Crippen LogP contribution in [0.4, 0.5) is 11.4 Å². The van der Waals surface area contributed by atoms with Crippen LogP contribution in [0.15, 0.2) is 18.2 Å². The monoisotopic (exact) mass is 249 g/mol. The molecule has 1 aromatic carbocycles. The number of hydrogen-bond acceptors (Lipinski definition) is 4. The van der Waals surface area contributed by atoms with Gasteiger partial charge in [0.05, 0.1) is 25.0 Å². The van der Waals surface area contributed by atoms with Crippen molar-refractivity contribution in [3.63, 3.8) is 0 Å². The molecule has 1 amide bonds. The van der Waals surface area contributed by atoms with Gasteiger partial charge in [0, 0.05) is 12.1 Å². The van der Waals surface area contributed by atoms with Gasteiger partial charge in [0.15, 0.2) is 0 Å². The van der Waals surface area contributed by atoms with Crippen LogP contribution in [0, 0.1) is 0 Å². The minimum atomic E-state index is -0.0405. The molecule has 0 heterocycles. The topological polar surface area (TPSA) is 67.6 Å². The molecule has 0 radical (unpaired) electrons. The number of hydrogen-bond donors (Lipinski definition) is 2. The molecule has 0 unspecified atom stereocenters. The van der Waals surface area contributed by atoms with E-state index in [-0.39, 0.29) is 5.91 Å². The highest BCUT2D eigenvalue weighted by Gasteiger charge is 2.27. The molecule has 0 bridgehead atoms. The van der Waals surface area contributed by atoms with Gasteiger partial charge in [-0.15, -0.1) is 0 Å². The fraction of sp³-hybridized carbons (Fsp3) is 0.462. The summed E-state index contributed by atoms with van der Waals surface area (Å²) in [5.74, 6) is 0.641. The summed E-state index contributed by atoms with van der Waals surface area (Å²) in [7, 11) is 3.55. The molecule has 3 N–H and O–H groups in total. The summed E-state index contributed by atoms with van der Waals surface area (Å²) in [4.78, 5) is 13.9. The molecule has 2 rings (SSSR count). The number of benzene rings is 1. The summed E-state index contributed by atoms with van der Waals surface area (Å²) in [6, 6.07) is 5.80. The third-order valence-corrected chi connectivity index (χ3v) is 3.10. The average molecular weight is 249 g/mol. The molecule has 98 valence electrons. The number of ether oxygens (including phenoxy) is 1. The van der Waals surface area contributed by atoms with Gasteiger partial charge in [-0.25, -0.2) is 0 Å². The third-order valence-electron chi connectivity index (χ3n) is 3.10. The molecule has 0 aromatic heterocycles. The summed E-state index contributed by atoms with van der Waals surface area (Å²) in [6.07, 6.45) is 2.38. The summed E-state index contributed by atoms with van der Waals surface area (Å²) in [6.45, 7) is 0.399. The van der Waals surface area contributed by atoms with Gasteiger partial charge in [-0.05, 0) is 32.0 Å². The van der Waals surface area contributed by atoms with Gasteiger partial charge in [0.25, 0.3) is 0 Å². The van der Waals surface area contributed by atoms with Crippen LogP contribution in [0.2, 0.25) is 0 Å². The van der Waals surface area contributed by atoms with Crippen molar-refractivity contribution in [3.8, 4) is 5.75 Å². The van der Waals surface area contributed by atoms with E-state index in [1.54, 1.807) is 25.3 Å². The molecule has 0 aliphatic heterocycles. The first kappa shape index (κ1) is 12.7. The lowest BCUT2D eigenvalue weighted by Gasteiger charge is -2.16. The van der Waals surface area contributed by atoms with Crippen LogP contribution in [-0.4, -0.2) is 37.6 Å². The van der Waals surface area contributed by atoms with Crippen LogP contribution in [0.25, 0.3) is 0 Å². The van der Waals surface area contributed by atoms with Crippen LogP contribution in [-0.2, 0) is 4.79 Å². The van der Waals surface area contributed by atoms with Crippen molar-refractivity contribution in [3.05, 3.63) is 18.2 Å². The normalized spacial score (nSPS) is 14.6. The molecule has 1 fully saturated rings.